The molecule has 0 unspecified atom stereocenters. The molecular formula is C9H16N6O2. The van der Waals surface area contributed by atoms with E-state index in [4.69, 9.17) is 17.0 Å². The summed E-state index contributed by atoms with van der Waals surface area (Å²) >= 11 is 0. The fourth-order valence-electron chi connectivity index (χ4n) is 0.932. The summed E-state index contributed by atoms with van der Waals surface area (Å²) in [5, 5.41) is 8.15. The van der Waals surface area contributed by atoms with Gasteiger partial charge < -0.3 is 22.1 Å². The maximum absolute atomic E-state index is 11.1. The smallest absolute Gasteiger partial charge is 0.252 e. The molecule has 0 spiro atoms. The normalized spacial score (nSPS) is 11.8. The van der Waals surface area contributed by atoms with Crippen LogP contribution in [0.5, 0.6) is 0 Å². The van der Waals surface area contributed by atoms with Crippen molar-refractivity contribution in [1.29, 1.82) is 5.53 Å². The second kappa shape index (κ2) is 9.04. The minimum absolute atomic E-state index is 0.0314. The Balaban J connectivity index is 4.72. The highest BCUT2D eigenvalue weighted by atomic mass is 16.1. The molecule has 0 saturated heterocycles. The number of nitrogens with one attached hydrogen (secondary N) is 3. The number of amides is 2. The van der Waals surface area contributed by atoms with E-state index in [1.807, 2.05) is 0 Å². The highest BCUT2D eigenvalue weighted by Gasteiger charge is 2.10. The van der Waals surface area contributed by atoms with Gasteiger partial charge in [0, 0.05) is 18.9 Å². The van der Waals surface area contributed by atoms with Gasteiger partial charge in [-0.15, -0.1) is 0 Å². The lowest BCUT2D eigenvalue weighted by atomic mass is 10.2. The van der Waals surface area contributed by atoms with Crippen molar-refractivity contribution in [3.63, 3.8) is 0 Å². The van der Waals surface area contributed by atoms with Crippen LogP contribution in [0.4, 0.5) is 0 Å². The number of rotatable bonds is 9. The Hall–Kier alpha value is -2.22. The van der Waals surface area contributed by atoms with Crippen LogP contribution in [0.3, 0.4) is 0 Å². The van der Waals surface area contributed by atoms with Crippen molar-refractivity contribution >= 4 is 12.3 Å². The van der Waals surface area contributed by atoms with E-state index in [0.717, 1.165) is 12.6 Å². The third kappa shape index (κ3) is 6.05. The standard InChI is InChI=1S/C9H16N6O2/c10-2-1-3-13-5-8(15-12)7(9(11)17)4-14-6-16/h4-6,12-13H,1-3,10H2,(H2,11,17)(H,14,16)/b7-4-,8-5-,15-12?. The molecule has 0 aromatic rings. The highest BCUT2D eigenvalue weighted by molar-refractivity contribution is 5.96. The zero-order chi connectivity index (χ0) is 13.1. The van der Waals surface area contributed by atoms with Crippen molar-refractivity contribution in [2.24, 2.45) is 16.6 Å². The fraction of sp³-hybridized carbons (Fsp3) is 0.333. The van der Waals surface area contributed by atoms with E-state index in [1.165, 1.54) is 6.20 Å². The molecule has 0 rings (SSSR count). The summed E-state index contributed by atoms with van der Waals surface area (Å²) in [5.74, 6) is -0.790. The van der Waals surface area contributed by atoms with Crippen LogP contribution in [-0.2, 0) is 9.59 Å². The SMILES string of the molecule is N=NC(=C\NCCCN)/C(=C/NC=O)C(N)=O. The van der Waals surface area contributed by atoms with Crippen LogP contribution in [0.2, 0.25) is 0 Å². The molecule has 0 aromatic heterocycles. The highest BCUT2D eigenvalue weighted by Crippen LogP contribution is 2.08. The number of nitrogens with two attached hydrogens (primary N) is 2. The van der Waals surface area contributed by atoms with Crippen LogP contribution in [0.25, 0.3) is 0 Å². The second-order valence-corrected chi connectivity index (χ2v) is 2.94. The summed E-state index contributed by atoms with van der Waals surface area (Å²) in [5.41, 5.74) is 17.3. The quantitative estimate of drug-likeness (QED) is 0.114. The molecule has 0 fully saturated rings. The van der Waals surface area contributed by atoms with Gasteiger partial charge >= 0.3 is 0 Å². The van der Waals surface area contributed by atoms with Gasteiger partial charge in [-0.2, -0.15) is 5.11 Å². The molecule has 0 aliphatic rings. The van der Waals surface area contributed by atoms with Crippen molar-refractivity contribution in [3.05, 3.63) is 23.7 Å². The minimum atomic E-state index is -0.790. The molecule has 0 bridgehead atoms. The summed E-state index contributed by atoms with van der Waals surface area (Å²) in [6.45, 7) is 1.11. The molecule has 0 aromatic carbocycles. The van der Waals surface area contributed by atoms with Gasteiger partial charge in [0.25, 0.3) is 5.91 Å². The number of hydrogen-bond donors (Lipinski definition) is 5. The van der Waals surface area contributed by atoms with Gasteiger partial charge in [-0.05, 0) is 13.0 Å². The second-order valence-electron chi connectivity index (χ2n) is 2.94. The van der Waals surface area contributed by atoms with Crippen LogP contribution in [0.15, 0.2) is 28.8 Å². The molecule has 0 saturated carbocycles. The van der Waals surface area contributed by atoms with E-state index in [1.54, 1.807) is 0 Å². The number of nitrogens with zero attached hydrogens (tertiary/aromatic N) is 1. The Morgan fingerprint density at radius 2 is 2.12 bits per heavy atom. The first-order valence-electron chi connectivity index (χ1n) is 4.88. The molecule has 0 aliphatic heterocycles. The van der Waals surface area contributed by atoms with Crippen molar-refractivity contribution in [2.75, 3.05) is 13.1 Å². The molecule has 0 aliphatic carbocycles. The average Bonchev–Trinajstić information content (AvgIpc) is 2.31. The third-order valence-electron chi connectivity index (χ3n) is 1.72. The van der Waals surface area contributed by atoms with E-state index in [0.29, 0.717) is 19.5 Å². The third-order valence-corrected chi connectivity index (χ3v) is 1.72. The van der Waals surface area contributed by atoms with E-state index in [2.05, 4.69) is 15.7 Å². The summed E-state index contributed by atoms with van der Waals surface area (Å²) in [6, 6.07) is 0. The van der Waals surface area contributed by atoms with E-state index >= 15 is 0 Å². The maximum Gasteiger partial charge on any atom is 0.252 e. The first-order chi connectivity index (χ1) is 8.17. The van der Waals surface area contributed by atoms with Crippen molar-refractivity contribution in [1.82, 2.24) is 10.6 Å². The molecule has 94 valence electrons. The zero-order valence-corrected chi connectivity index (χ0v) is 9.27. The van der Waals surface area contributed by atoms with Crippen LogP contribution in [0, 0.1) is 5.53 Å². The molecule has 0 heterocycles. The molecule has 0 atom stereocenters. The summed E-state index contributed by atoms with van der Waals surface area (Å²) in [7, 11) is 0. The molecular weight excluding hydrogens is 224 g/mol. The molecule has 17 heavy (non-hydrogen) atoms. The van der Waals surface area contributed by atoms with Crippen molar-refractivity contribution < 1.29 is 9.59 Å². The van der Waals surface area contributed by atoms with Crippen LogP contribution >= 0.6 is 0 Å². The van der Waals surface area contributed by atoms with Crippen molar-refractivity contribution in [2.45, 2.75) is 6.42 Å². The van der Waals surface area contributed by atoms with Gasteiger partial charge in [0.1, 0.15) is 5.70 Å². The van der Waals surface area contributed by atoms with E-state index in [-0.39, 0.29) is 11.3 Å². The predicted octanol–water partition coefficient (Wildman–Crippen LogP) is -1.09. The Morgan fingerprint density at radius 1 is 1.41 bits per heavy atom. The van der Waals surface area contributed by atoms with Gasteiger partial charge in [0.15, 0.2) is 0 Å². The minimum Gasteiger partial charge on any atom is -0.389 e. The lowest BCUT2D eigenvalue weighted by Gasteiger charge is -2.04. The van der Waals surface area contributed by atoms with Gasteiger partial charge in [-0.1, -0.05) is 0 Å². The molecule has 7 N–H and O–H groups in total. The Labute approximate surface area is 98.6 Å². The maximum atomic E-state index is 11.1. The summed E-state index contributed by atoms with van der Waals surface area (Å²) < 4.78 is 0. The van der Waals surface area contributed by atoms with Crippen LogP contribution < -0.4 is 22.1 Å². The predicted molar refractivity (Wildman–Crippen MR) is 61.4 cm³/mol. The molecule has 8 heteroatoms. The fourth-order valence-corrected chi connectivity index (χ4v) is 0.932. The number of primary amides is 1. The number of carbonyl (C=O) groups is 2. The Morgan fingerprint density at radius 3 is 2.59 bits per heavy atom. The first-order valence-corrected chi connectivity index (χ1v) is 4.88. The topological polar surface area (TPSA) is 146 Å². The number of hydrogen-bond acceptors (Lipinski definition) is 6. The average molecular weight is 240 g/mol. The molecule has 8 nitrogen and oxygen atoms in total. The lowest BCUT2D eigenvalue weighted by Crippen LogP contribution is -2.19. The summed E-state index contributed by atoms with van der Waals surface area (Å²) in [6.07, 6.45) is 3.58. The molecule has 0 radical (unpaired) electrons. The number of carbonyl (C=O) groups excluding carboxylic acids is 2. The molecule has 2 amide bonds. The van der Waals surface area contributed by atoms with Gasteiger partial charge in [0.05, 0.1) is 5.57 Å². The van der Waals surface area contributed by atoms with Gasteiger partial charge in [0.2, 0.25) is 6.41 Å². The van der Waals surface area contributed by atoms with Crippen molar-refractivity contribution in [3.8, 4) is 0 Å². The van der Waals surface area contributed by atoms with Crippen LogP contribution in [-0.4, -0.2) is 25.4 Å². The monoisotopic (exact) mass is 240 g/mol. The van der Waals surface area contributed by atoms with E-state index < -0.39 is 5.91 Å². The lowest BCUT2D eigenvalue weighted by molar-refractivity contribution is -0.114. The van der Waals surface area contributed by atoms with Gasteiger partial charge in [-0.25, -0.2) is 5.53 Å². The van der Waals surface area contributed by atoms with Crippen LogP contribution in [0.1, 0.15) is 6.42 Å². The Kier molecular flexibility index (Phi) is 7.86. The van der Waals surface area contributed by atoms with E-state index in [9.17, 15) is 9.59 Å². The van der Waals surface area contributed by atoms with Gasteiger partial charge in [-0.3, -0.25) is 9.59 Å². The first kappa shape index (κ1) is 14.8. The summed E-state index contributed by atoms with van der Waals surface area (Å²) in [4.78, 5) is 21.2. The zero-order valence-electron chi connectivity index (χ0n) is 9.27. The largest absolute Gasteiger partial charge is 0.389 e. The Bertz CT molecular complexity index is 336.